The minimum absolute atomic E-state index is 0.247. The molecule has 0 saturated heterocycles. The van der Waals surface area contributed by atoms with Crippen molar-refractivity contribution in [3.05, 3.63) is 52.5 Å². The van der Waals surface area contributed by atoms with Crippen molar-refractivity contribution in [1.29, 1.82) is 0 Å². The Labute approximate surface area is 127 Å². The second kappa shape index (κ2) is 7.19. The highest BCUT2D eigenvalue weighted by Crippen LogP contribution is 2.26. The molecule has 0 saturated carbocycles. The molecule has 0 aliphatic heterocycles. The monoisotopic (exact) mass is 306 g/mol. The Morgan fingerprint density at radius 2 is 2.10 bits per heavy atom. The first kappa shape index (κ1) is 15.5. The Morgan fingerprint density at radius 1 is 1.38 bits per heavy atom. The van der Waals surface area contributed by atoms with Crippen LogP contribution in [0.1, 0.15) is 30.0 Å². The van der Waals surface area contributed by atoms with E-state index in [0.717, 1.165) is 5.56 Å². The van der Waals surface area contributed by atoms with Crippen molar-refractivity contribution in [3.63, 3.8) is 0 Å². The summed E-state index contributed by atoms with van der Waals surface area (Å²) in [5.41, 5.74) is 0.893. The second-order valence-corrected chi connectivity index (χ2v) is 5.61. The summed E-state index contributed by atoms with van der Waals surface area (Å²) in [6.07, 6.45) is 0.175. The van der Waals surface area contributed by atoms with Crippen LogP contribution in [-0.2, 0) is 6.54 Å². The molecule has 0 aliphatic rings. The number of hydrogen-bond donors (Lipinski definition) is 2. The first-order valence-electron chi connectivity index (χ1n) is 6.74. The molecule has 0 radical (unpaired) electrons. The number of carboxylic acid groups (broad SMARTS) is 1. The van der Waals surface area contributed by atoms with Crippen LogP contribution in [0.5, 0.6) is 0 Å². The molecule has 2 rings (SSSR count). The molecule has 5 nitrogen and oxygen atoms in total. The van der Waals surface area contributed by atoms with Crippen LogP contribution in [0.15, 0.2) is 41.9 Å². The van der Waals surface area contributed by atoms with E-state index in [1.807, 2.05) is 37.3 Å². The number of benzene rings is 1. The lowest BCUT2D eigenvalue weighted by Gasteiger charge is -2.31. The molecule has 1 heterocycles. The largest absolute Gasteiger partial charge is 0.465 e. The summed E-state index contributed by atoms with van der Waals surface area (Å²) in [4.78, 5) is 16.9. The van der Waals surface area contributed by atoms with E-state index in [2.05, 4.69) is 4.98 Å². The molecule has 2 aromatic rings. The third kappa shape index (κ3) is 3.80. The van der Waals surface area contributed by atoms with E-state index in [4.69, 9.17) is 0 Å². The van der Waals surface area contributed by atoms with Crippen LogP contribution in [0.25, 0.3) is 0 Å². The van der Waals surface area contributed by atoms with Gasteiger partial charge in [0, 0.05) is 18.1 Å². The summed E-state index contributed by atoms with van der Waals surface area (Å²) in [5, 5.41) is 22.2. The van der Waals surface area contributed by atoms with Crippen molar-refractivity contribution in [2.75, 3.05) is 0 Å². The van der Waals surface area contributed by atoms with Crippen LogP contribution in [0.2, 0.25) is 0 Å². The van der Waals surface area contributed by atoms with Gasteiger partial charge in [-0.1, -0.05) is 37.3 Å². The summed E-state index contributed by atoms with van der Waals surface area (Å²) in [6.45, 7) is 2.11. The third-order valence-electron chi connectivity index (χ3n) is 3.33. The first-order chi connectivity index (χ1) is 10.1. The lowest BCUT2D eigenvalue weighted by Crippen LogP contribution is -2.42. The van der Waals surface area contributed by atoms with E-state index < -0.39 is 18.2 Å². The van der Waals surface area contributed by atoms with E-state index in [1.165, 1.54) is 16.2 Å². The summed E-state index contributed by atoms with van der Waals surface area (Å²) in [6, 6.07) is 8.85. The molecule has 21 heavy (non-hydrogen) atoms. The van der Waals surface area contributed by atoms with Crippen molar-refractivity contribution >= 4 is 17.4 Å². The normalized spacial score (nSPS) is 13.6. The molecule has 1 amide bonds. The number of aliphatic hydroxyl groups is 1. The van der Waals surface area contributed by atoms with Crippen LogP contribution in [0.4, 0.5) is 4.79 Å². The maximum Gasteiger partial charge on any atom is 0.407 e. The van der Waals surface area contributed by atoms with Gasteiger partial charge in [-0.05, 0) is 12.0 Å². The van der Waals surface area contributed by atoms with Gasteiger partial charge in [-0.3, -0.25) is 4.90 Å². The second-order valence-electron chi connectivity index (χ2n) is 4.69. The number of aliphatic hydroxyl groups excluding tert-OH is 1. The topological polar surface area (TPSA) is 73.7 Å². The molecule has 2 N–H and O–H groups in total. The van der Waals surface area contributed by atoms with Gasteiger partial charge in [0.2, 0.25) is 0 Å². The molecule has 1 aromatic carbocycles. The highest BCUT2D eigenvalue weighted by molar-refractivity contribution is 7.09. The van der Waals surface area contributed by atoms with Crippen molar-refractivity contribution in [2.24, 2.45) is 0 Å². The smallest absolute Gasteiger partial charge is 0.407 e. The van der Waals surface area contributed by atoms with E-state index in [-0.39, 0.29) is 6.54 Å². The van der Waals surface area contributed by atoms with Gasteiger partial charge in [-0.25, -0.2) is 9.78 Å². The number of rotatable bonds is 6. The average molecular weight is 306 g/mol. The van der Waals surface area contributed by atoms with Crippen LogP contribution >= 0.6 is 11.3 Å². The number of thiazole rings is 1. The third-order valence-corrected chi connectivity index (χ3v) is 4.18. The van der Waals surface area contributed by atoms with Crippen molar-refractivity contribution in [3.8, 4) is 0 Å². The average Bonchev–Trinajstić information content (AvgIpc) is 3.02. The maximum atomic E-state index is 11.6. The SMILES string of the molecule is CC[C@@H]([C@@H](O)c1nccs1)N(Cc1ccccc1)C(=O)O. The Balaban J connectivity index is 2.20. The first-order valence-corrected chi connectivity index (χ1v) is 7.62. The zero-order valence-electron chi connectivity index (χ0n) is 11.7. The van der Waals surface area contributed by atoms with Gasteiger partial charge >= 0.3 is 6.09 Å². The maximum absolute atomic E-state index is 11.6. The fourth-order valence-electron chi connectivity index (χ4n) is 2.27. The summed E-state index contributed by atoms with van der Waals surface area (Å²) in [7, 11) is 0. The lowest BCUT2D eigenvalue weighted by atomic mass is 10.1. The van der Waals surface area contributed by atoms with Gasteiger partial charge in [0.25, 0.3) is 0 Å². The molecule has 0 bridgehead atoms. The number of aromatic nitrogens is 1. The zero-order valence-corrected chi connectivity index (χ0v) is 12.5. The van der Waals surface area contributed by atoms with Crippen LogP contribution in [-0.4, -0.2) is 32.2 Å². The number of carbonyl (C=O) groups is 1. The van der Waals surface area contributed by atoms with Gasteiger partial charge in [-0.2, -0.15) is 0 Å². The van der Waals surface area contributed by atoms with Gasteiger partial charge in [-0.15, -0.1) is 11.3 Å². The fourth-order valence-corrected chi connectivity index (χ4v) is 2.95. The molecule has 1 aromatic heterocycles. The van der Waals surface area contributed by atoms with Crippen molar-refractivity contribution < 1.29 is 15.0 Å². The van der Waals surface area contributed by atoms with E-state index >= 15 is 0 Å². The number of hydrogen-bond acceptors (Lipinski definition) is 4. The Hall–Kier alpha value is -1.92. The molecule has 2 atom stereocenters. The Kier molecular flexibility index (Phi) is 5.30. The molecular weight excluding hydrogens is 288 g/mol. The molecule has 0 fully saturated rings. The predicted molar refractivity (Wildman–Crippen MR) is 81.2 cm³/mol. The molecular formula is C15H18N2O3S. The Bertz CT molecular complexity index is 560. The quantitative estimate of drug-likeness (QED) is 0.860. The minimum atomic E-state index is -1.04. The highest BCUT2D eigenvalue weighted by atomic mass is 32.1. The van der Waals surface area contributed by atoms with Crippen LogP contribution < -0.4 is 0 Å². The summed E-state index contributed by atoms with van der Waals surface area (Å²) >= 11 is 1.33. The number of amides is 1. The predicted octanol–water partition coefficient (Wildman–Crippen LogP) is 3.14. The molecule has 0 unspecified atom stereocenters. The Morgan fingerprint density at radius 3 is 2.62 bits per heavy atom. The lowest BCUT2D eigenvalue weighted by molar-refractivity contribution is 0.0415. The van der Waals surface area contributed by atoms with Gasteiger partial charge in [0.1, 0.15) is 11.1 Å². The van der Waals surface area contributed by atoms with Gasteiger partial charge < -0.3 is 10.2 Å². The minimum Gasteiger partial charge on any atom is -0.465 e. The standard InChI is InChI=1S/C15H18N2O3S/c1-2-12(13(18)14-16-8-9-21-14)17(15(19)20)10-11-6-4-3-5-7-11/h3-9,12-13,18H,2,10H2,1H3,(H,19,20)/t12-,13+/m0/s1. The van der Waals surface area contributed by atoms with E-state index in [9.17, 15) is 15.0 Å². The molecule has 0 spiro atoms. The van der Waals surface area contributed by atoms with E-state index in [1.54, 1.807) is 11.6 Å². The van der Waals surface area contributed by atoms with Crippen LogP contribution in [0, 0.1) is 0 Å². The molecule has 6 heteroatoms. The molecule has 112 valence electrons. The fraction of sp³-hybridized carbons (Fsp3) is 0.333. The summed E-state index contributed by atoms with van der Waals surface area (Å²) in [5.74, 6) is 0. The molecule has 0 aliphatic carbocycles. The van der Waals surface area contributed by atoms with Gasteiger partial charge in [0.05, 0.1) is 6.04 Å². The van der Waals surface area contributed by atoms with Crippen molar-refractivity contribution in [2.45, 2.75) is 32.0 Å². The number of nitrogens with zero attached hydrogens (tertiary/aromatic N) is 2. The van der Waals surface area contributed by atoms with Crippen molar-refractivity contribution in [1.82, 2.24) is 9.88 Å². The summed E-state index contributed by atoms with van der Waals surface area (Å²) < 4.78 is 0. The zero-order chi connectivity index (χ0) is 15.2. The highest BCUT2D eigenvalue weighted by Gasteiger charge is 2.30. The van der Waals surface area contributed by atoms with Gasteiger partial charge in [0.15, 0.2) is 0 Å². The van der Waals surface area contributed by atoms with E-state index in [0.29, 0.717) is 11.4 Å². The van der Waals surface area contributed by atoms with Crippen LogP contribution in [0.3, 0.4) is 0 Å².